The van der Waals surface area contributed by atoms with Gasteiger partial charge in [-0.05, 0) is 23.0 Å². The van der Waals surface area contributed by atoms with Gasteiger partial charge in [0.05, 0.1) is 0 Å². The van der Waals surface area contributed by atoms with Gasteiger partial charge in [-0.15, -0.1) is 0 Å². The monoisotopic (exact) mass is 291 g/mol. The first-order valence-electron chi connectivity index (χ1n) is 7.23. The maximum atomic E-state index is 12.7. The van der Waals surface area contributed by atoms with E-state index in [0.29, 0.717) is 12.1 Å². The van der Waals surface area contributed by atoms with Crippen LogP contribution in [0.1, 0.15) is 50.5 Å². The lowest BCUT2D eigenvalue weighted by Gasteiger charge is -2.27. The zero-order valence-electron chi connectivity index (χ0n) is 13.5. The van der Waals surface area contributed by atoms with Crippen LogP contribution in [0.4, 0.5) is 0 Å². The van der Waals surface area contributed by atoms with Gasteiger partial charge < -0.3 is 10.0 Å². The lowest BCUT2D eigenvalue weighted by molar-refractivity contribution is -0.137. The maximum absolute atomic E-state index is 12.7. The summed E-state index contributed by atoms with van der Waals surface area (Å²) in [6.07, 6.45) is 0. The molecule has 0 atom stereocenters. The summed E-state index contributed by atoms with van der Waals surface area (Å²) in [6, 6.07) is 7.43. The highest BCUT2D eigenvalue weighted by atomic mass is 16.4. The molecular weight excluding hydrogens is 266 g/mol. The summed E-state index contributed by atoms with van der Waals surface area (Å²) >= 11 is 0. The fraction of sp³-hybridized carbons (Fsp3) is 0.529. The van der Waals surface area contributed by atoms with Gasteiger partial charge in [-0.1, -0.05) is 52.8 Å². The Morgan fingerprint density at radius 3 is 2.24 bits per heavy atom. The Labute approximate surface area is 126 Å². The number of carboxylic acids is 1. The van der Waals surface area contributed by atoms with E-state index in [9.17, 15) is 9.59 Å². The van der Waals surface area contributed by atoms with Crippen molar-refractivity contribution < 1.29 is 14.7 Å². The van der Waals surface area contributed by atoms with Gasteiger partial charge in [-0.2, -0.15) is 0 Å². The van der Waals surface area contributed by atoms with Crippen LogP contribution < -0.4 is 0 Å². The van der Waals surface area contributed by atoms with Gasteiger partial charge in [-0.3, -0.25) is 9.59 Å². The van der Waals surface area contributed by atoms with Crippen molar-refractivity contribution in [3.8, 4) is 0 Å². The number of nitrogens with zero attached hydrogens (tertiary/aromatic N) is 1. The molecule has 1 aromatic carbocycles. The van der Waals surface area contributed by atoms with Crippen molar-refractivity contribution in [1.82, 2.24) is 4.90 Å². The summed E-state index contributed by atoms with van der Waals surface area (Å²) in [4.78, 5) is 25.2. The molecule has 1 rings (SSSR count). The molecule has 116 valence electrons. The van der Waals surface area contributed by atoms with Crippen LogP contribution in [0.5, 0.6) is 0 Å². The number of benzene rings is 1. The molecule has 0 radical (unpaired) electrons. The molecular formula is C17H25NO3. The summed E-state index contributed by atoms with van der Waals surface area (Å²) in [5, 5.41) is 9.03. The first-order chi connectivity index (χ1) is 9.62. The van der Waals surface area contributed by atoms with E-state index in [1.54, 1.807) is 6.07 Å². The van der Waals surface area contributed by atoms with E-state index in [4.69, 9.17) is 5.11 Å². The Balaban J connectivity index is 3.17. The van der Waals surface area contributed by atoms with Crippen LogP contribution >= 0.6 is 0 Å². The Morgan fingerprint density at radius 1 is 1.19 bits per heavy atom. The highest BCUT2D eigenvalue weighted by Gasteiger charge is 2.25. The predicted octanol–water partition coefficient (Wildman–Crippen LogP) is 3.17. The zero-order valence-corrected chi connectivity index (χ0v) is 13.5. The molecule has 0 unspecified atom stereocenters. The second kappa shape index (κ2) is 6.74. The van der Waals surface area contributed by atoms with E-state index in [-0.39, 0.29) is 23.8 Å². The number of hydrogen-bond acceptors (Lipinski definition) is 2. The zero-order chi connectivity index (χ0) is 16.2. The Kier molecular flexibility index (Phi) is 5.53. The number of hydrogen-bond donors (Lipinski definition) is 1. The summed E-state index contributed by atoms with van der Waals surface area (Å²) < 4.78 is 0. The number of amides is 1. The topological polar surface area (TPSA) is 57.6 Å². The lowest BCUT2D eigenvalue weighted by atomic mass is 9.83. The smallest absolute Gasteiger partial charge is 0.323 e. The van der Waals surface area contributed by atoms with Crippen LogP contribution in [0.25, 0.3) is 0 Å². The van der Waals surface area contributed by atoms with Gasteiger partial charge in [-0.25, -0.2) is 0 Å². The van der Waals surface area contributed by atoms with Gasteiger partial charge in [0.25, 0.3) is 5.91 Å². The van der Waals surface area contributed by atoms with Crippen molar-refractivity contribution in [2.45, 2.75) is 40.0 Å². The molecule has 0 fully saturated rings. The SMILES string of the molecule is CC(C)CN(CC(=O)O)C(=O)c1ccccc1C(C)(C)C. The lowest BCUT2D eigenvalue weighted by Crippen LogP contribution is -2.39. The maximum Gasteiger partial charge on any atom is 0.323 e. The van der Waals surface area contributed by atoms with Crippen LogP contribution in [0, 0.1) is 5.92 Å². The number of rotatable bonds is 5. The van der Waals surface area contributed by atoms with Crippen molar-refractivity contribution >= 4 is 11.9 Å². The van der Waals surface area contributed by atoms with Gasteiger partial charge in [0.1, 0.15) is 6.54 Å². The molecule has 0 aliphatic rings. The molecule has 0 bridgehead atoms. The predicted molar refractivity (Wildman–Crippen MR) is 83.5 cm³/mol. The molecule has 0 saturated heterocycles. The van der Waals surface area contributed by atoms with Gasteiger partial charge in [0.2, 0.25) is 0 Å². The fourth-order valence-corrected chi connectivity index (χ4v) is 2.32. The van der Waals surface area contributed by atoms with Crippen LogP contribution in [0.15, 0.2) is 24.3 Å². The van der Waals surface area contributed by atoms with Gasteiger partial charge in [0.15, 0.2) is 0 Å². The first kappa shape index (κ1) is 17.2. The number of carboxylic acid groups (broad SMARTS) is 1. The van der Waals surface area contributed by atoms with Gasteiger partial charge in [0, 0.05) is 12.1 Å². The largest absolute Gasteiger partial charge is 0.480 e. The van der Waals surface area contributed by atoms with Crippen LogP contribution in [0.2, 0.25) is 0 Å². The number of carbonyl (C=O) groups excluding carboxylic acids is 1. The van der Waals surface area contributed by atoms with E-state index in [2.05, 4.69) is 0 Å². The molecule has 0 aliphatic carbocycles. The Morgan fingerprint density at radius 2 is 1.76 bits per heavy atom. The first-order valence-corrected chi connectivity index (χ1v) is 7.23. The second-order valence-corrected chi connectivity index (χ2v) is 6.77. The normalized spacial score (nSPS) is 11.5. The van der Waals surface area contributed by atoms with Crippen LogP contribution in [0.3, 0.4) is 0 Å². The number of carbonyl (C=O) groups is 2. The minimum absolute atomic E-state index is 0.168. The summed E-state index contributed by atoms with van der Waals surface area (Å²) in [5.74, 6) is -0.982. The van der Waals surface area contributed by atoms with E-state index in [1.807, 2.05) is 52.8 Å². The third-order valence-corrected chi connectivity index (χ3v) is 3.16. The van der Waals surface area contributed by atoms with Crippen molar-refractivity contribution in [3.05, 3.63) is 35.4 Å². The van der Waals surface area contributed by atoms with Gasteiger partial charge >= 0.3 is 5.97 Å². The Bertz CT molecular complexity index is 515. The molecule has 0 spiro atoms. The third-order valence-electron chi connectivity index (χ3n) is 3.16. The fourth-order valence-electron chi connectivity index (χ4n) is 2.32. The molecule has 21 heavy (non-hydrogen) atoms. The van der Waals surface area contributed by atoms with E-state index in [1.165, 1.54) is 4.90 Å². The molecule has 4 heteroatoms. The van der Waals surface area contributed by atoms with Crippen molar-refractivity contribution in [2.75, 3.05) is 13.1 Å². The molecule has 0 saturated carbocycles. The molecule has 0 aliphatic heterocycles. The van der Waals surface area contributed by atoms with Crippen LogP contribution in [-0.2, 0) is 10.2 Å². The molecule has 1 aromatic rings. The second-order valence-electron chi connectivity index (χ2n) is 6.77. The summed E-state index contributed by atoms with van der Waals surface area (Å²) in [7, 11) is 0. The summed E-state index contributed by atoms with van der Waals surface area (Å²) in [5.41, 5.74) is 1.36. The van der Waals surface area contributed by atoms with E-state index in [0.717, 1.165) is 5.56 Å². The third kappa shape index (κ3) is 4.88. The van der Waals surface area contributed by atoms with E-state index < -0.39 is 5.97 Å². The number of aliphatic carboxylic acids is 1. The molecule has 1 N–H and O–H groups in total. The summed E-state index contributed by atoms with van der Waals surface area (Å²) in [6.45, 7) is 10.2. The molecule has 1 amide bonds. The standard InChI is InChI=1S/C17H25NO3/c1-12(2)10-18(11-15(19)20)16(21)13-8-6-7-9-14(13)17(3,4)5/h6-9,12H,10-11H2,1-5H3,(H,19,20). The molecule has 0 heterocycles. The highest BCUT2D eigenvalue weighted by Crippen LogP contribution is 2.26. The molecule has 4 nitrogen and oxygen atoms in total. The minimum Gasteiger partial charge on any atom is -0.480 e. The Hall–Kier alpha value is -1.84. The molecule has 0 aromatic heterocycles. The minimum atomic E-state index is -0.989. The average Bonchev–Trinajstić information content (AvgIpc) is 2.35. The van der Waals surface area contributed by atoms with Crippen molar-refractivity contribution in [2.24, 2.45) is 5.92 Å². The van der Waals surface area contributed by atoms with E-state index >= 15 is 0 Å². The van der Waals surface area contributed by atoms with Crippen molar-refractivity contribution in [1.29, 1.82) is 0 Å². The van der Waals surface area contributed by atoms with Crippen molar-refractivity contribution in [3.63, 3.8) is 0 Å². The average molecular weight is 291 g/mol. The quantitative estimate of drug-likeness (QED) is 0.906. The highest BCUT2D eigenvalue weighted by molar-refractivity contribution is 5.97. The van der Waals surface area contributed by atoms with Crippen LogP contribution in [-0.4, -0.2) is 35.0 Å².